The van der Waals surface area contributed by atoms with E-state index >= 15 is 0 Å². The monoisotopic (exact) mass is 565 g/mol. The summed E-state index contributed by atoms with van der Waals surface area (Å²) in [5.41, 5.74) is 1.55. The summed E-state index contributed by atoms with van der Waals surface area (Å²) in [6.45, 7) is 2.67. The summed E-state index contributed by atoms with van der Waals surface area (Å²) >= 11 is 12.2. The van der Waals surface area contributed by atoms with Crippen molar-refractivity contribution in [3.05, 3.63) is 93.7 Å². The van der Waals surface area contributed by atoms with Crippen molar-refractivity contribution in [2.45, 2.75) is 31.3 Å². The molecule has 0 radical (unpaired) electrons. The number of halogens is 3. The van der Waals surface area contributed by atoms with Crippen molar-refractivity contribution >= 4 is 50.7 Å². The van der Waals surface area contributed by atoms with Crippen molar-refractivity contribution in [1.82, 2.24) is 10.2 Å². The van der Waals surface area contributed by atoms with Crippen LogP contribution in [-0.2, 0) is 26.2 Å². The molecule has 0 bridgehead atoms. The molecule has 3 aromatic rings. The number of aryl methyl sites for hydroxylation is 1. The van der Waals surface area contributed by atoms with Crippen LogP contribution in [0.1, 0.15) is 18.1 Å². The lowest BCUT2D eigenvalue weighted by Crippen LogP contribution is -2.50. The molecule has 3 rings (SSSR count). The summed E-state index contributed by atoms with van der Waals surface area (Å²) in [7, 11) is -2.79. The van der Waals surface area contributed by atoms with E-state index in [2.05, 4.69) is 5.32 Å². The fourth-order valence-electron chi connectivity index (χ4n) is 3.58. The number of carbonyl (C=O) groups is 2. The maximum Gasteiger partial charge on any atom is 0.264 e. The lowest BCUT2D eigenvalue weighted by molar-refractivity contribution is -0.139. The van der Waals surface area contributed by atoms with Gasteiger partial charge in [-0.2, -0.15) is 0 Å². The lowest BCUT2D eigenvalue weighted by Gasteiger charge is -2.31. The highest BCUT2D eigenvalue weighted by atomic mass is 35.5. The molecule has 0 fully saturated rings. The van der Waals surface area contributed by atoms with E-state index < -0.39 is 40.2 Å². The molecular formula is C26H26Cl2FN3O4S. The highest BCUT2D eigenvalue weighted by molar-refractivity contribution is 7.92. The Morgan fingerprint density at radius 2 is 1.59 bits per heavy atom. The van der Waals surface area contributed by atoms with Gasteiger partial charge in [0.05, 0.1) is 20.6 Å². The van der Waals surface area contributed by atoms with Gasteiger partial charge in [-0.3, -0.25) is 13.9 Å². The largest absolute Gasteiger partial charge is 0.357 e. The number of nitrogens with one attached hydrogen (secondary N) is 1. The van der Waals surface area contributed by atoms with Crippen LogP contribution in [0.5, 0.6) is 0 Å². The number of carbonyl (C=O) groups excluding carboxylic acids is 2. The first-order chi connectivity index (χ1) is 17.4. The van der Waals surface area contributed by atoms with Gasteiger partial charge in [0.15, 0.2) is 0 Å². The van der Waals surface area contributed by atoms with Crippen LogP contribution in [-0.4, -0.2) is 44.8 Å². The van der Waals surface area contributed by atoms with Crippen molar-refractivity contribution < 1.29 is 22.4 Å². The molecule has 37 heavy (non-hydrogen) atoms. The van der Waals surface area contributed by atoms with Crippen LogP contribution in [0.4, 0.5) is 10.1 Å². The normalized spacial score (nSPS) is 12.1. The first-order valence-corrected chi connectivity index (χ1v) is 13.4. The number of sulfonamides is 1. The summed E-state index contributed by atoms with van der Waals surface area (Å²) in [6, 6.07) is 15.0. The van der Waals surface area contributed by atoms with E-state index in [-0.39, 0.29) is 27.2 Å². The molecule has 0 aliphatic carbocycles. The van der Waals surface area contributed by atoms with Crippen molar-refractivity contribution in [1.29, 1.82) is 0 Å². The number of nitrogens with zero attached hydrogens (tertiary/aromatic N) is 2. The number of rotatable bonds is 9. The van der Waals surface area contributed by atoms with E-state index in [0.717, 1.165) is 9.87 Å². The first-order valence-electron chi connectivity index (χ1n) is 11.2. The zero-order valence-electron chi connectivity index (χ0n) is 20.4. The lowest BCUT2D eigenvalue weighted by atomic mass is 10.1. The molecule has 0 saturated heterocycles. The molecule has 0 saturated carbocycles. The highest BCUT2D eigenvalue weighted by Crippen LogP contribution is 2.31. The minimum Gasteiger partial charge on any atom is -0.357 e. The molecule has 3 aromatic carbocycles. The van der Waals surface area contributed by atoms with E-state index in [1.807, 2.05) is 6.92 Å². The van der Waals surface area contributed by atoms with Gasteiger partial charge in [-0.05, 0) is 61.9 Å². The van der Waals surface area contributed by atoms with Crippen LogP contribution in [0.2, 0.25) is 10.0 Å². The second-order valence-corrected chi connectivity index (χ2v) is 11.0. The predicted octanol–water partition coefficient (Wildman–Crippen LogP) is 4.80. The van der Waals surface area contributed by atoms with Crippen molar-refractivity contribution in [2.24, 2.45) is 0 Å². The summed E-state index contributed by atoms with van der Waals surface area (Å²) in [5, 5.41) is 2.83. The quantitative estimate of drug-likeness (QED) is 0.403. The Morgan fingerprint density at radius 1 is 0.973 bits per heavy atom. The van der Waals surface area contributed by atoms with Gasteiger partial charge in [0.25, 0.3) is 10.0 Å². The Morgan fingerprint density at radius 3 is 2.16 bits per heavy atom. The summed E-state index contributed by atoms with van der Waals surface area (Å²) < 4.78 is 41.8. The molecule has 0 spiro atoms. The number of anilines is 1. The van der Waals surface area contributed by atoms with E-state index in [1.165, 1.54) is 73.5 Å². The average molecular weight is 566 g/mol. The molecule has 0 heterocycles. The SMILES string of the molecule is CNC(=O)C(C)N(Cc1ccc(F)cc1)C(=O)CN(c1ccc(Cl)c(Cl)c1)S(=O)(=O)c1ccc(C)cc1. The standard InChI is InChI=1S/C26H26Cl2FN3O4S/c1-17-4-11-22(12-5-17)37(35,36)32(21-10-13-23(27)24(28)14-21)16-25(33)31(18(2)26(34)30-3)15-19-6-8-20(29)9-7-19/h4-14,18H,15-16H2,1-3H3,(H,30,34). The molecular weight excluding hydrogens is 540 g/mol. The van der Waals surface area contributed by atoms with E-state index in [0.29, 0.717) is 5.56 Å². The van der Waals surface area contributed by atoms with E-state index in [9.17, 15) is 22.4 Å². The topological polar surface area (TPSA) is 86.8 Å². The third-order valence-corrected chi connectivity index (χ3v) is 8.29. The Balaban J connectivity index is 2.05. The Kier molecular flexibility index (Phi) is 9.17. The molecule has 1 atom stereocenters. The molecule has 7 nitrogen and oxygen atoms in total. The summed E-state index contributed by atoms with van der Waals surface area (Å²) in [6.07, 6.45) is 0. The van der Waals surface area contributed by atoms with Gasteiger partial charge in [-0.25, -0.2) is 12.8 Å². The first kappa shape index (κ1) is 28.4. The van der Waals surface area contributed by atoms with Gasteiger partial charge >= 0.3 is 0 Å². The Hall–Kier alpha value is -3.14. The van der Waals surface area contributed by atoms with Crippen molar-refractivity contribution in [3.63, 3.8) is 0 Å². The van der Waals surface area contributed by atoms with Gasteiger partial charge in [0, 0.05) is 13.6 Å². The van der Waals surface area contributed by atoms with Gasteiger partial charge < -0.3 is 10.2 Å². The molecule has 0 aliphatic heterocycles. The number of amides is 2. The Bertz CT molecular complexity index is 1380. The second kappa shape index (κ2) is 11.9. The molecule has 0 aromatic heterocycles. The molecule has 2 amide bonds. The van der Waals surface area contributed by atoms with Gasteiger partial charge in [-0.1, -0.05) is 53.0 Å². The van der Waals surface area contributed by atoms with Crippen molar-refractivity contribution in [2.75, 3.05) is 17.9 Å². The number of likely N-dealkylation sites (N-methyl/N-ethyl adjacent to an activating group) is 1. The minimum atomic E-state index is -4.23. The highest BCUT2D eigenvalue weighted by Gasteiger charge is 2.32. The van der Waals surface area contributed by atoms with Crippen LogP contribution in [0.3, 0.4) is 0 Å². The summed E-state index contributed by atoms with van der Waals surface area (Å²) in [5.74, 6) is -1.55. The predicted molar refractivity (Wildman–Crippen MR) is 143 cm³/mol. The molecule has 11 heteroatoms. The smallest absolute Gasteiger partial charge is 0.264 e. The van der Waals surface area contributed by atoms with Gasteiger partial charge in [0.2, 0.25) is 11.8 Å². The van der Waals surface area contributed by atoms with Crippen LogP contribution >= 0.6 is 23.2 Å². The molecule has 1 unspecified atom stereocenters. The molecule has 1 N–H and O–H groups in total. The second-order valence-electron chi connectivity index (χ2n) is 8.36. The molecule has 196 valence electrons. The maximum atomic E-state index is 13.7. The van der Waals surface area contributed by atoms with Crippen LogP contribution < -0.4 is 9.62 Å². The molecule has 0 aliphatic rings. The van der Waals surface area contributed by atoms with Crippen LogP contribution in [0.25, 0.3) is 0 Å². The third kappa shape index (κ3) is 6.80. The minimum absolute atomic E-state index is 0.0265. The zero-order valence-corrected chi connectivity index (χ0v) is 22.7. The Labute approximate surface area is 225 Å². The number of hydrogen-bond acceptors (Lipinski definition) is 4. The summed E-state index contributed by atoms with van der Waals surface area (Å²) in [4.78, 5) is 27.3. The van der Waals surface area contributed by atoms with Gasteiger partial charge in [0.1, 0.15) is 18.4 Å². The average Bonchev–Trinajstić information content (AvgIpc) is 2.87. The zero-order chi connectivity index (χ0) is 27.3. The maximum absolute atomic E-state index is 13.7. The third-order valence-electron chi connectivity index (χ3n) is 5.76. The van der Waals surface area contributed by atoms with Gasteiger partial charge in [-0.15, -0.1) is 0 Å². The van der Waals surface area contributed by atoms with Crippen molar-refractivity contribution in [3.8, 4) is 0 Å². The van der Waals surface area contributed by atoms with E-state index in [1.54, 1.807) is 12.1 Å². The van der Waals surface area contributed by atoms with Crippen LogP contribution in [0, 0.1) is 12.7 Å². The number of hydrogen-bond donors (Lipinski definition) is 1. The number of benzene rings is 3. The fraction of sp³-hybridized carbons (Fsp3) is 0.231. The fourth-order valence-corrected chi connectivity index (χ4v) is 5.28. The van der Waals surface area contributed by atoms with E-state index in [4.69, 9.17) is 23.2 Å². The van der Waals surface area contributed by atoms with Crippen LogP contribution in [0.15, 0.2) is 71.6 Å².